The van der Waals surface area contributed by atoms with Crippen molar-refractivity contribution >= 4 is 18.3 Å². The normalized spacial score (nSPS) is 20.2. The van der Waals surface area contributed by atoms with Gasteiger partial charge in [0.05, 0.1) is 19.4 Å². The molecule has 2 aliphatic rings. The van der Waals surface area contributed by atoms with E-state index >= 15 is 0 Å². The first-order chi connectivity index (χ1) is 22.5. The molecule has 0 radical (unpaired) electrons. The molecule has 2 heterocycles. The Bertz CT molecular complexity index is 1580. The van der Waals surface area contributed by atoms with Gasteiger partial charge in [0.2, 0.25) is 5.88 Å². The number of ether oxygens (including phenoxy) is 3. The predicted octanol–water partition coefficient (Wildman–Crippen LogP) is 6.28. The number of hydrogen-bond acceptors (Lipinski definition) is 8. The summed E-state index contributed by atoms with van der Waals surface area (Å²) in [5.74, 6) is -0.730. The third-order valence-electron chi connectivity index (χ3n) is 8.35. The lowest BCUT2D eigenvalue weighted by Crippen LogP contribution is -2.45. The Labute approximate surface area is 275 Å². The largest absolute Gasteiger partial charge is 0.444 e. The van der Waals surface area contributed by atoms with E-state index in [1.165, 1.54) is 0 Å². The average Bonchev–Trinajstić information content (AvgIpc) is 3.03. The van der Waals surface area contributed by atoms with E-state index in [1.807, 2.05) is 51.1 Å². The van der Waals surface area contributed by atoms with E-state index in [0.29, 0.717) is 56.8 Å². The molecule has 1 aliphatic carbocycles. The number of halogens is 1. The van der Waals surface area contributed by atoms with E-state index in [0.717, 1.165) is 41.8 Å². The number of nitrogens with one attached hydrogen (secondary N) is 2. The molecule has 2 amide bonds. The van der Waals surface area contributed by atoms with E-state index in [9.17, 15) is 18.8 Å². The van der Waals surface area contributed by atoms with Crippen molar-refractivity contribution < 1.29 is 33.0 Å². The Morgan fingerprint density at radius 2 is 1.81 bits per heavy atom. The maximum atomic E-state index is 14.3. The lowest BCUT2D eigenvalue weighted by molar-refractivity contribution is -0.00430. The molecule has 250 valence electrons. The maximum absolute atomic E-state index is 14.3. The van der Waals surface area contributed by atoms with Gasteiger partial charge in [0.1, 0.15) is 29.0 Å². The molecular weight excluding hydrogens is 603 g/mol. The molecule has 0 spiro atoms. The van der Waals surface area contributed by atoms with Gasteiger partial charge in [-0.05, 0) is 94.3 Å². The van der Waals surface area contributed by atoms with Gasteiger partial charge in [0, 0.05) is 36.8 Å². The van der Waals surface area contributed by atoms with Gasteiger partial charge in [-0.3, -0.25) is 14.5 Å². The first-order valence-electron chi connectivity index (χ1n) is 16.1. The van der Waals surface area contributed by atoms with Crippen molar-refractivity contribution in [3.05, 3.63) is 77.2 Å². The van der Waals surface area contributed by atoms with Crippen LogP contribution in [-0.2, 0) is 16.0 Å². The number of amides is 2. The first kappa shape index (κ1) is 34.0. The molecule has 2 N–H and O–H groups in total. The fraction of sp³-hybridized carbons (Fsp3) is 0.444. The van der Waals surface area contributed by atoms with Gasteiger partial charge in [0.15, 0.2) is 0 Å². The van der Waals surface area contributed by atoms with Crippen molar-refractivity contribution in [1.82, 2.24) is 20.5 Å². The summed E-state index contributed by atoms with van der Waals surface area (Å²) >= 11 is 0. The summed E-state index contributed by atoms with van der Waals surface area (Å²) in [6, 6.07) is 14.2. The number of carbonyl (C=O) groups excluding carboxylic acids is 3. The van der Waals surface area contributed by atoms with Crippen LogP contribution >= 0.6 is 0 Å². The van der Waals surface area contributed by atoms with Crippen LogP contribution < -0.4 is 15.4 Å². The molecular formula is C36H43FN4O6. The van der Waals surface area contributed by atoms with E-state index in [2.05, 4.69) is 27.4 Å². The van der Waals surface area contributed by atoms with Crippen molar-refractivity contribution in [2.24, 2.45) is 0 Å². The standard InChI is InChI=1S/C36H43FN4O6/c1-23-22-45-15-14-41(23)20-26-16-24(21-42)8-13-31(26)25-6-5-7-30(17-25)46-34-32(18-27(37)19-38-34)33(43)39-28-9-11-29(12-10-28)40-35(44)47-36(2,3)4/h5-8,13,16-19,21,23,28-29H,9-12,14-15,20,22H2,1-4H3,(H,39,43)(H,40,44)/t23-,28?,29?/m0/s1. The molecule has 3 aromatic rings. The van der Waals surface area contributed by atoms with Crippen LogP contribution in [-0.4, -0.2) is 71.7 Å². The highest BCUT2D eigenvalue weighted by Crippen LogP contribution is 2.32. The molecule has 1 saturated heterocycles. The van der Waals surface area contributed by atoms with Crippen LogP contribution in [0.2, 0.25) is 0 Å². The van der Waals surface area contributed by atoms with Crippen molar-refractivity contribution in [1.29, 1.82) is 0 Å². The number of aromatic nitrogens is 1. The molecule has 11 heteroatoms. The molecule has 2 aromatic carbocycles. The highest BCUT2D eigenvalue weighted by atomic mass is 19.1. The molecule has 5 rings (SSSR count). The van der Waals surface area contributed by atoms with Crippen LogP contribution in [0.15, 0.2) is 54.7 Å². The fourth-order valence-corrected chi connectivity index (χ4v) is 5.94. The Kier molecular flexibility index (Phi) is 10.9. The van der Waals surface area contributed by atoms with Crippen LogP contribution in [0, 0.1) is 5.82 Å². The smallest absolute Gasteiger partial charge is 0.407 e. The van der Waals surface area contributed by atoms with Crippen LogP contribution in [0.4, 0.5) is 9.18 Å². The Morgan fingerprint density at radius 3 is 2.51 bits per heavy atom. The minimum absolute atomic E-state index is 0.0123. The number of rotatable bonds is 9. The molecule has 1 saturated carbocycles. The minimum Gasteiger partial charge on any atom is -0.444 e. The summed E-state index contributed by atoms with van der Waals surface area (Å²) in [5, 5.41) is 5.88. The van der Waals surface area contributed by atoms with Crippen molar-refractivity contribution in [2.75, 3.05) is 19.8 Å². The minimum atomic E-state index is -0.654. The van der Waals surface area contributed by atoms with Gasteiger partial charge >= 0.3 is 6.09 Å². The highest BCUT2D eigenvalue weighted by molar-refractivity contribution is 5.96. The molecule has 2 fully saturated rings. The second kappa shape index (κ2) is 15.0. The third-order valence-corrected chi connectivity index (χ3v) is 8.35. The van der Waals surface area contributed by atoms with Crippen LogP contribution in [0.5, 0.6) is 11.6 Å². The highest BCUT2D eigenvalue weighted by Gasteiger charge is 2.27. The van der Waals surface area contributed by atoms with Crippen LogP contribution in [0.3, 0.4) is 0 Å². The number of hydrogen-bond donors (Lipinski definition) is 2. The first-order valence-corrected chi connectivity index (χ1v) is 16.1. The Morgan fingerprint density at radius 1 is 1.06 bits per heavy atom. The lowest BCUT2D eigenvalue weighted by Gasteiger charge is -2.33. The van der Waals surface area contributed by atoms with Crippen LogP contribution in [0.1, 0.15) is 79.7 Å². The monoisotopic (exact) mass is 646 g/mol. The lowest BCUT2D eigenvalue weighted by atomic mass is 9.91. The average molecular weight is 647 g/mol. The van der Waals surface area contributed by atoms with E-state index in [4.69, 9.17) is 14.2 Å². The van der Waals surface area contributed by atoms with Gasteiger partial charge in [-0.25, -0.2) is 14.2 Å². The van der Waals surface area contributed by atoms with Gasteiger partial charge < -0.3 is 24.8 Å². The summed E-state index contributed by atoms with van der Waals surface area (Å²) in [6.45, 7) is 10.3. The quantitative estimate of drug-likeness (QED) is 0.261. The zero-order valence-corrected chi connectivity index (χ0v) is 27.4. The molecule has 10 nitrogen and oxygen atoms in total. The summed E-state index contributed by atoms with van der Waals surface area (Å²) in [4.78, 5) is 43.6. The zero-order chi connectivity index (χ0) is 33.6. The molecule has 0 unspecified atom stereocenters. The Hall–Kier alpha value is -4.35. The maximum Gasteiger partial charge on any atom is 0.407 e. The summed E-state index contributed by atoms with van der Waals surface area (Å²) in [6.07, 6.45) is 4.02. The van der Waals surface area contributed by atoms with E-state index in [-0.39, 0.29) is 29.6 Å². The number of nitrogens with zero attached hydrogens (tertiary/aromatic N) is 2. The summed E-state index contributed by atoms with van der Waals surface area (Å²) in [7, 11) is 0. The number of benzene rings is 2. The van der Waals surface area contributed by atoms with E-state index in [1.54, 1.807) is 12.1 Å². The number of aldehydes is 1. The zero-order valence-electron chi connectivity index (χ0n) is 27.4. The Balaban J connectivity index is 1.28. The molecule has 1 aromatic heterocycles. The van der Waals surface area contributed by atoms with Crippen molar-refractivity contribution in [3.8, 4) is 22.8 Å². The van der Waals surface area contributed by atoms with Gasteiger partial charge in [-0.1, -0.05) is 24.3 Å². The van der Waals surface area contributed by atoms with Crippen molar-refractivity contribution in [2.45, 2.75) is 83.6 Å². The second-order valence-electron chi connectivity index (χ2n) is 13.2. The summed E-state index contributed by atoms with van der Waals surface area (Å²) < 4.78 is 31.4. The third kappa shape index (κ3) is 9.36. The SMILES string of the molecule is C[C@H]1COCCN1Cc1cc(C=O)ccc1-c1cccc(Oc2ncc(F)cc2C(=O)NC2CCC(NC(=O)OC(C)(C)C)CC2)c1. The number of carbonyl (C=O) groups is 3. The number of pyridine rings is 1. The predicted molar refractivity (Wildman–Crippen MR) is 175 cm³/mol. The van der Waals surface area contributed by atoms with E-state index < -0.39 is 23.4 Å². The molecule has 0 bridgehead atoms. The molecule has 1 atom stereocenters. The fourth-order valence-electron chi connectivity index (χ4n) is 5.94. The van der Waals surface area contributed by atoms with Crippen molar-refractivity contribution in [3.63, 3.8) is 0 Å². The summed E-state index contributed by atoms with van der Waals surface area (Å²) in [5.41, 5.74) is 2.81. The number of alkyl carbamates (subject to hydrolysis) is 1. The van der Waals surface area contributed by atoms with Gasteiger partial charge in [-0.2, -0.15) is 0 Å². The van der Waals surface area contributed by atoms with Crippen LogP contribution in [0.25, 0.3) is 11.1 Å². The number of morpholine rings is 1. The topological polar surface area (TPSA) is 119 Å². The van der Waals surface area contributed by atoms with Gasteiger partial charge in [-0.15, -0.1) is 0 Å². The van der Waals surface area contributed by atoms with Gasteiger partial charge in [0.25, 0.3) is 5.91 Å². The molecule has 47 heavy (non-hydrogen) atoms. The second-order valence-corrected chi connectivity index (χ2v) is 13.2. The molecule has 1 aliphatic heterocycles.